The van der Waals surface area contributed by atoms with Crippen molar-refractivity contribution in [2.75, 3.05) is 4.90 Å². The van der Waals surface area contributed by atoms with E-state index in [4.69, 9.17) is 15.0 Å². The van der Waals surface area contributed by atoms with Crippen LogP contribution >= 0.6 is 0 Å². The molecule has 4 nitrogen and oxygen atoms in total. The summed E-state index contributed by atoms with van der Waals surface area (Å²) < 4.78 is 0. The molecule has 0 amide bonds. The van der Waals surface area contributed by atoms with E-state index in [0.717, 1.165) is 50.8 Å². The zero-order valence-corrected chi connectivity index (χ0v) is 23.5. The lowest BCUT2D eigenvalue weighted by molar-refractivity contribution is 0.659. The van der Waals surface area contributed by atoms with Crippen LogP contribution < -0.4 is 4.90 Å². The van der Waals surface area contributed by atoms with Gasteiger partial charge in [-0.3, -0.25) is 9.88 Å². The molecule has 0 saturated heterocycles. The highest BCUT2D eigenvalue weighted by atomic mass is 15.2. The number of benzene rings is 4. The highest BCUT2D eigenvalue weighted by Gasteiger charge is 2.41. The van der Waals surface area contributed by atoms with Gasteiger partial charge in [-0.1, -0.05) is 129 Å². The Labute approximate surface area is 245 Å². The molecule has 3 heterocycles. The first-order valence-corrected chi connectivity index (χ1v) is 14.3. The maximum Gasteiger partial charge on any atom is 0.162 e. The molecule has 4 heteroatoms. The van der Waals surface area contributed by atoms with Crippen LogP contribution in [0.25, 0.3) is 46.1 Å². The molecule has 4 aromatic carbocycles. The van der Waals surface area contributed by atoms with Crippen molar-refractivity contribution in [3.05, 3.63) is 144 Å². The van der Waals surface area contributed by atoms with Gasteiger partial charge < -0.3 is 0 Å². The first-order chi connectivity index (χ1) is 20.6. The molecule has 1 aliphatic heterocycles. The summed E-state index contributed by atoms with van der Waals surface area (Å²) in [5.41, 5.74) is 11.7. The van der Waals surface area contributed by atoms with Crippen molar-refractivity contribution in [3.63, 3.8) is 0 Å². The Morgan fingerprint density at radius 3 is 2.12 bits per heavy atom. The number of hydrogen-bond acceptors (Lipinski definition) is 4. The summed E-state index contributed by atoms with van der Waals surface area (Å²) in [5, 5.41) is 0. The number of fused-ring (bicyclic) bond motifs is 6. The number of para-hydroxylation sites is 1. The van der Waals surface area contributed by atoms with E-state index in [0.29, 0.717) is 5.82 Å². The van der Waals surface area contributed by atoms with E-state index in [1.807, 2.05) is 30.5 Å². The minimum Gasteiger partial charge on any atom is -0.293 e. The summed E-state index contributed by atoms with van der Waals surface area (Å²) in [6.07, 6.45) is 6.39. The molecule has 200 valence electrons. The lowest BCUT2D eigenvalue weighted by Gasteiger charge is -2.32. The van der Waals surface area contributed by atoms with Crippen LogP contribution in [0.2, 0.25) is 0 Å². The Morgan fingerprint density at radius 2 is 1.31 bits per heavy atom. The predicted molar refractivity (Wildman–Crippen MR) is 172 cm³/mol. The van der Waals surface area contributed by atoms with Crippen molar-refractivity contribution in [1.82, 2.24) is 15.0 Å². The fraction of sp³-hybridized carbons (Fsp3) is 0.0789. The van der Waals surface area contributed by atoms with Crippen LogP contribution in [0.3, 0.4) is 0 Å². The van der Waals surface area contributed by atoms with Crippen LogP contribution in [0.15, 0.2) is 121 Å². The van der Waals surface area contributed by atoms with E-state index in [1.54, 1.807) is 0 Å². The topological polar surface area (TPSA) is 41.9 Å². The molecule has 8 rings (SSSR count). The van der Waals surface area contributed by atoms with E-state index in [2.05, 4.69) is 122 Å². The van der Waals surface area contributed by atoms with Gasteiger partial charge in [0.15, 0.2) is 5.82 Å². The van der Waals surface area contributed by atoms with Crippen molar-refractivity contribution >= 4 is 29.3 Å². The summed E-state index contributed by atoms with van der Waals surface area (Å²) in [6, 6.07) is 39.9. The molecule has 6 aromatic rings. The van der Waals surface area contributed by atoms with Crippen LogP contribution in [-0.2, 0) is 5.41 Å². The van der Waals surface area contributed by atoms with Gasteiger partial charge in [0.1, 0.15) is 5.82 Å². The Kier molecular flexibility index (Phi) is 5.44. The van der Waals surface area contributed by atoms with Crippen molar-refractivity contribution in [2.45, 2.75) is 19.3 Å². The van der Waals surface area contributed by atoms with Gasteiger partial charge in [-0.2, -0.15) is 0 Å². The maximum absolute atomic E-state index is 5.28. The van der Waals surface area contributed by atoms with Crippen LogP contribution in [0, 0.1) is 0 Å². The average Bonchev–Trinajstić information content (AvgIpc) is 3.16. The summed E-state index contributed by atoms with van der Waals surface area (Å²) in [6.45, 7) is 4.62. The number of hydrogen-bond donors (Lipinski definition) is 0. The van der Waals surface area contributed by atoms with Crippen molar-refractivity contribution in [2.24, 2.45) is 0 Å². The molecule has 0 N–H and O–H groups in total. The Morgan fingerprint density at radius 1 is 0.643 bits per heavy atom. The molecular formula is C38H28N4. The summed E-state index contributed by atoms with van der Waals surface area (Å²) in [4.78, 5) is 17.7. The molecule has 1 aliphatic carbocycles. The molecule has 0 spiro atoms. The second kappa shape index (κ2) is 9.35. The quantitative estimate of drug-likeness (QED) is 0.224. The van der Waals surface area contributed by atoms with Gasteiger partial charge >= 0.3 is 0 Å². The molecule has 0 fully saturated rings. The number of anilines is 3. The van der Waals surface area contributed by atoms with Crippen molar-refractivity contribution in [3.8, 4) is 33.9 Å². The van der Waals surface area contributed by atoms with E-state index in [1.165, 1.54) is 16.7 Å². The van der Waals surface area contributed by atoms with Crippen LogP contribution in [0.1, 0.15) is 36.1 Å². The number of pyridine rings is 1. The summed E-state index contributed by atoms with van der Waals surface area (Å²) in [7, 11) is 0. The van der Waals surface area contributed by atoms with Gasteiger partial charge in [-0.15, -0.1) is 0 Å². The minimum absolute atomic E-state index is 0.257. The third-order valence-corrected chi connectivity index (χ3v) is 8.45. The van der Waals surface area contributed by atoms with Gasteiger partial charge in [-0.05, 0) is 17.2 Å². The minimum atomic E-state index is -0.257. The molecular weight excluding hydrogens is 512 g/mol. The smallest absolute Gasteiger partial charge is 0.162 e. The van der Waals surface area contributed by atoms with E-state index in [9.17, 15) is 0 Å². The van der Waals surface area contributed by atoms with Gasteiger partial charge in [0, 0.05) is 45.5 Å². The van der Waals surface area contributed by atoms with Gasteiger partial charge in [0.25, 0.3) is 0 Å². The lowest BCUT2D eigenvalue weighted by atomic mass is 9.81. The highest BCUT2D eigenvalue weighted by molar-refractivity contribution is 5.98. The van der Waals surface area contributed by atoms with Crippen molar-refractivity contribution in [1.29, 1.82) is 0 Å². The number of rotatable bonds is 3. The zero-order chi connectivity index (χ0) is 28.3. The van der Waals surface area contributed by atoms with E-state index >= 15 is 0 Å². The van der Waals surface area contributed by atoms with E-state index in [-0.39, 0.29) is 5.41 Å². The van der Waals surface area contributed by atoms with Crippen molar-refractivity contribution < 1.29 is 0 Å². The molecule has 0 unspecified atom stereocenters. The van der Waals surface area contributed by atoms with Crippen LogP contribution in [0.5, 0.6) is 0 Å². The van der Waals surface area contributed by atoms with Gasteiger partial charge in [0.2, 0.25) is 0 Å². The lowest BCUT2D eigenvalue weighted by Crippen LogP contribution is -2.22. The first kappa shape index (κ1) is 24.4. The predicted octanol–water partition coefficient (Wildman–Crippen LogP) is 9.47. The fourth-order valence-electron chi connectivity index (χ4n) is 6.44. The Bertz CT molecular complexity index is 1950. The molecule has 0 radical (unpaired) electrons. The molecule has 0 saturated carbocycles. The molecule has 42 heavy (non-hydrogen) atoms. The van der Waals surface area contributed by atoms with Gasteiger partial charge in [0.05, 0.1) is 22.8 Å². The number of aromatic nitrogens is 3. The summed E-state index contributed by atoms with van der Waals surface area (Å²) >= 11 is 0. The highest BCUT2D eigenvalue weighted by Crippen LogP contribution is 2.55. The number of nitrogens with zero attached hydrogens (tertiary/aromatic N) is 4. The second-order valence-corrected chi connectivity index (χ2v) is 11.4. The maximum atomic E-state index is 5.28. The normalized spacial score (nSPS) is 14.0. The Balaban J connectivity index is 1.46. The molecule has 0 atom stereocenters. The standard InChI is InChI=1S/C38H28N4/c1-38(2)30-19-11-10-18-29(30)35-34(38)36-28(24-39-35)22-21-26-15-9-12-20-32(26)42(36)33-23-31(25-13-5-3-6-14-25)40-37(41-33)27-16-7-4-8-17-27/h3-24H,1-2H3. The second-order valence-electron chi connectivity index (χ2n) is 11.4. The molecule has 2 aromatic heterocycles. The SMILES string of the molecule is CC1(C)c2ccccc2-c2ncc3c(c21)N(c1cc(-c2ccccc2)nc(-c2ccccc2)n1)c1ccccc1C=C3. The molecule has 0 bridgehead atoms. The average molecular weight is 541 g/mol. The summed E-state index contributed by atoms with van der Waals surface area (Å²) in [5.74, 6) is 1.51. The third-order valence-electron chi connectivity index (χ3n) is 8.45. The molecule has 2 aliphatic rings. The van der Waals surface area contributed by atoms with Crippen LogP contribution in [0.4, 0.5) is 17.2 Å². The monoisotopic (exact) mass is 540 g/mol. The zero-order valence-electron chi connectivity index (χ0n) is 23.5. The first-order valence-electron chi connectivity index (χ1n) is 14.3. The van der Waals surface area contributed by atoms with Crippen LogP contribution in [-0.4, -0.2) is 15.0 Å². The largest absolute Gasteiger partial charge is 0.293 e. The Hall–Kier alpha value is -5.35. The van der Waals surface area contributed by atoms with E-state index < -0.39 is 0 Å². The fourth-order valence-corrected chi connectivity index (χ4v) is 6.44. The van der Waals surface area contributed by atoms with Gasteiger partial charge in [-0.25, -0.2) is 9.97 Å². The third kappa shape index (κ3) is 3.72.